The Bertz CT molecular complexity index is 1130. The number of aromatic amines is 1. The van der Waals surface area contributed by atoms with Crippen molar-refractivity contribution < 1.29 is 4.79 Å². The Morgan fingerprint density at radius 1 is 1.25 bits per heavy atom. The molecule has 0 radical (unpaired) electrons. The number of hydrogen-bond donors (Lipinski definition) is 2. The smallest absolute Gasteiger partial charge is 0.261 e. The summed E-state index contributed by atoms with van der Waals surface area (Å²) in [5, 5.41) is 3.45. The van der Waals surface area contributed by atoms with Gasteiger partial charge in [0.25, 0.3) is 11.5 Å². The zero-order valence-corrected chi connectivity index (χ0v) is 17.1. The number of anilines is 1. The van der Waals surface area contributed by atoms with Crippen LogP contribution in [0.1, 0.15) is 22.8 Å². The number of nitrogens with zero attached hydrogens (tertiary/aromatic N) is 2. The first-order chi connectivity index (χ1) is 13.4. The molecule has 2 N–H and O–H groups in total. The largest absolute Gasteiger partial charge is 0.370 e. The van der Waals surface area contributed by atoms with Crippen molar-refractivity contribution in [1.29, 1.82) is 0 Å². The lowest BCUT2D eigenvalue weighted by atomic mass is 10.1. The second-order valence-electron chi connectivity index (χ2n) is 6.73. The number of hydrogen-bond acceptors (Lipinski definition) is 4. The number of fused-ring (bicyclic) bond motifs is 1. The second-order valence-corrected chi connectivity index (χ2v) is 7.12. The Morgan fingerprint density at radius 2 is 2.04 bits per heavy atom. The summed E-state index contributed by atoms with van der Waals surface area (Å²) in [4.78, 5) is 30.0. The van der Waals surface area contributed by atoms with Crippen LogP contribution in [0.2, 0.25) is 0 Å². The van der Waals surface area contributed by atoms with Gasteiger partial charge in [-0.05, 0) is 62.0 Å². The number of aromatic nitrogens is 2. The predicted molar refractivity (Wildman–Crippen MR) is 116 cm³/mol. The zero-order chi connectivity index (χ0) is 20.3. The molecule has 146 valence electrons. The molecule has 6 nitrogen and oxygen atoms in total. The maximum absolute atomic E-state index is 12.5. The fraction of sp³-hybridized carbons (Fsp3) is 0.286. The standard InChI is InChI=1S/C21H24N4O2S/c1-4-25(16-7-5-6-14(2)12-16)11-10-22-19(26)15-8-9-17-18(13-15)23-21(28)24(3)20(17)27/h5-9,12-13H,4,10-11H2,1-3H3,(H,22,26)(H,23,28). The van der Waals surface area contributed by atoms with Crippen LogP contribution in [-0.4, -0.2) is 35.1 Å². The van der Waals surface area contributed by atoms with E-state index in [4.69, 9.17) is 12.2 Å². The summed E-state index contributed by atoms with van der Waals surface area (Å²) >= 11 is 5.15. The second kappa shape index (κ2) is 8.39. The highest BCUT2D eigenvalue weighted by molar-refractivity contribution is 7.71. The molecule has 0 saturated carbocycles. The number of likely N-dealkylation sites (N-methyl/N-ethyl adjacent to an activating group) is 1. The maximum atomic E-state index is 12.5. The van der Waals surface area contributed by atoms with Crippen LogP contribution in [0.3, 0.4) is 0 Å². The number of benzene rings is 2. The molecule has 3 rings (SSSR count). The van der Waals surface area contributed by atoms with Crippen molar-refractivity contribution in [3.05, 3.63) is 68.7 Å². The SMILES string of the molecule is CCN(CCNC(=O)c1ccc2c(=O)n(C)c(=S)[nH]c2c1)c1cccc(C)c1. The van der Waals surface area contributed by atoms with Gasteiger partial charge in [-0.1, -0.05) is 12.1 Å². The van der Waals surface area contributed by atoms with Gasteiger partial charge in [0.15, 0.2) is 4.77 Å². The molecular formula is C21H24N4O2S. The van der Waals surface area contributed by atoms with Crippen molar-refractivity contribution in [1.82, 2.24) is 14.9 Å². The van der Waals surface area contributed by atoms with E-state index in [-0.39, 0.29) is 11.5 Å². The van der Waals surface area contributed by atoms with Crippen LogP contribution < -0.4 is 15.8 Å². The number of carbonyl (C=O) groups is 1. The van der Waals surface area contributed by atoms with Gasteiger partial charge < -0.3 is 15.2 Å². The van der Waals surface area contributed by atoms with E-state index in [0.717, 1.165) is 12.2 Å². The van der Waals surface area contributed by atoms with Gasteiger partial charge in [-0.3, -0.25) is 14.2 Å². The first-order valence-corrected chi connectivity index (χ1v) is 9.64. The minimum atomic E-state index is -0.179. The van der Waals surface area contributed by atoms with Crippen LogP contribution in [0, 0.1) is 11.7 Å². The zero-order valence-electron chi connectivity index (χ0n) is 16.3. The minimum Gasteiger partial charge on any atom is -0.370 e. The van der Waals surface area contributed by atoms with Crippen molar-refractivity contribution in [2.45, 2.75) is 13.8 Å². The molecule has 0 unspecified atom stereocenters. The molecule has 0 aliphatic rings. The third kappa shape index (κ3) is 4.14. The molecule has 0 fully saturated rings. The molecule has 0 atom stereocenters. The van der Waals surface area contributed by atoms with E-state index >= 15 is 0 Å². The van der Waals surface area contributed by atoms with Crippen LogP contribution in [0.25, 0.3) is 10.9 Å². The van der Waals surface area contributed by atoms with Gasteiger partial charge in [-0.2, -0.15) is 0 Å². The fourth-order valence-electron chi connectivity index (χ4n) is 3.15. The maximum Gasteiger partial charge on any atom is 0.261 e. The summed E-state index contributed by atoms with van der Waals surface area (Å²) in [5.74, 6) is -0.179. The van der Waals surface area contributed by atoms with E-state index in [9.17, 15) is 9.59 Å². The molecule has 0 aliphatic heterocycles. The number of nitrogens with one attached hydrogen (secondary N) is 2. The van der Waals surface area contributed by atoms with E-state index < -0.39 is 0 Å². The Labute approximate surface area is 168 Å². The Hall–Kier alpha value is -2.93. The van der Waals surface area contributed by atoms with Crippen molar-refractivity contribution in [2.24, 2.45) is 7.05 Å². The van der Waals surface area contributed by atoms with Crippen LogP contribution in [0.5, 0.6) is 0 Å². The number of amides is 1. The van der Waals surface area contributed by atoms with E-state index in [0.29, 0.717) is 34.3 Å². The summed E-state index contributed by atoms with van der Waals surface area (Å²) in [6.45, 7) is 6.25. The van der Waals surface area contributed by atoms with Crippen LogP contribution >= 0.6 is 12.2 Å². The number of carbonyl (C=O) groups excluding carboxylic acids is 1. The van der Waals surface area contributed by atoms with Gasteiger partial charge in [0, 0.05) is 37.9 Å². The van der Waals surface area contributed by atoms with Crippen molar-refractivity contribution >= 4 is 34.7 Å². The van der Waals surface area contributed by atoms with E-state index in [1.54, 1.807) is 25.2 Å². The lowest BCUT2D eigenvalue weighted by Gasteiger charge is -2.23. The van der Waals surface area contributed by atoms with Gasteiger partial charge in [-0.25, -0.2) is 0 Å². The average Bonchev–Trinajstić information content (AvgIpc) is 2.69. The molecule has 1 aromatic heterocycles. The number of rotatable bonds is 6. The molecule has 1 heterocycles. The third-order valence-corrected chi connectivity index (χ3v) is 5.15. The molecule has 7 heteroatoms. The Balaban J connectivity index is 1.70. The van der Waals surface area contributed by atoms with Gasteiger partial charge in [-0.15, -0.1) is 0 Å². The summed E-state index contributed by atoms with van der Waals surface area (Å²) in [6.07, 6.45) is 0. The van der Waals surface area contributed by atoms with Crippen LogP contribution in [0.4, 0.5) is 5.69 Å². The van der Waals surface area contributed by atoms with E-state index in [1.165, 1.54) is 10.1 Å². The third-order valence-electron chi connectivity index (χ3n) is 4.78. The van der Waals surface area contributed by atoms with Gasteiger partial charge >= 0.3 is 0 Å². The highest BCUT2D eigenvalue weighted by Crippen LogP contribution is 2.15. The van der Waals surface area contributed by atoms with E-state index in [2.05, 4.69) is 47.2 Å². The fourth-order valence-corrected chi connectivity index (χ4v) is 3.34. The monoisotopic (exact) mass is 396 g/mol. The lowest BCUT2D eigenvalue weighted by Crippen LogP contribution is -2.35. The summed E-state index contributed by atoms with van der Waals surface area (Å²) in [7, 11) is 1.62. The van der Waals surface area contributed by atoms with Crippen LogP contribution in [-0.2, 0) is 7.05 Å². The lowest BCUT2D eigenvalue weighted by molar-refractivity contribution is 0.0954. The van der Waals surface area contributed by atoms with Crippen molar-refractivity contribution in [2.75, 3.05) is 24.5 Å². The average molecular weight is 397 g/mol. The summed E-state index contributed by atoms with van der Waals surface area (Å²) in [5.41, 5.74) is 3.23. The predicted octanol–water partition coefficient (Wildman–Crippen LogP) is 3.16. The molecule has 0 spiro atoms. The Morgan fingerprint density at radius 3 is 2.75 bits per heavy atom. The topological polar surface area (TPSA) is 70.1 Å². The Kier molecular flexibility index (Phi) is 5.94. The highest BCUT2D eigenvalue weighted by Gasteiger charge is 2.10. The molecule has 28 heavy (non-hydrogen) atoms. The molecular weight excluding hydrogens is 372 g/mol. The highest BCUT2D eigenvalue weighted by atomic mass is 32.1. The van der Waals surface area contributed by atoms with Crippen LogP contribution in [0.15, 0.2) is 47.3 Å². The minimum absolute atomic E-state index is 0.178. The molecule has 3 aromatic rings. The van der Waals surface area contributed by atoms with Crippen molar-refractivity contribution in [3.63, 3.8) is 0 Å². The van der Waals surface area contributed by atoms with Gasteiger partial charge in [0.05, 0.1) is 10.9 Å². The van der Waals surface area contributed by atoms with E-state index in [1.807, 2.05) is 6.07 Å². The normalized spacial score (nSPS) is 10.8. The first-order valence-electron chi connectivity index (χ1n) is 9.23. The number of aryl methyl sites for hydroxylation is 1. The molecule has 0 aliphatic carbocycles. The van der Waals surface area contributed by atoms with Gasteiger partial charge in [0.1, 0.15) is 0 Å². The van der Waals surface area contributed by atoms with Crippen molar-refractivity contribution in [3.8, 4) is 0 Å². The molecule has 2 aromatic carbocycles. The quantitative estimate of drug-likeness (QED) is 0.628. The molecule has 0 saturated heterocycles. The van der Waals surface area contributed by atoms with Gasteiger partial charge in [0.2, 0.25) is 0 Å². The molecule has 1 amide bonds. The summed E-state index contributed by atoms with van der Waals surface area (Å²) in [6, 6.07) is 13.3. The summed E-state index contributed by atoms with van der Waals surface area (Å²) < 4.78 is 1.70. The number of H-pyrrole nitrogens is 1. The first kappa shape index (κ1) is 19.8. The molecule has 0 bridgehead atoms.